The minimum atomic E-state index is -0.761. The van der Waals surface area contributed by atoms with Crippen LogP contribution >= 0.6 is 0 Å². The molecule has 0 amide bonds. The Bertz CT molecular complexity index is 872. The van der Waals surface area contributed by atoms with Gasteiger partial charge in [-0.15, -0.1) is 0 Å². The van der Waals surface area contributed by atoms with Gasteiger partial charge >= 0.3 is 17.9 Å². The molecule has 338 valence electrons. The monoisotopic (exact) mass is 807 g/mol. The summed E-state index contributed by atoms with van der Waals surface area (Å²) < 4.78 is 16.8. The minimum absolute atomic E-state index is 0.0643. The number of ether oxygens (including phenoxy) is 3. The minimum Gasteiger partial charge on any atom is -0.462 e. The lowest BCUT2D eigenvalue weighted by Crippen LogP contribution is -2.30. The SMILES string of the molecule is CCCCCCCCCCCC(=O)OC[C@@H](COC(=O)CCCCCCCCCCCCCCCCCC(C)C)OC(=O)CCCCCCCCCCC(C)CC. The molecule has 6 nitrogen and oxygen atoms in total. The molecule has 0 heterocycles. The molecule has 0 aliphatic rings. The molecule has 0 aromatic rings. The maximum Gasteiger partial charge on any atom is 0.306 e. The number of carbonyl (C=O) groups is 3. The van der Waals surface area contributed by atoms with Crippen LogP contribution in [0.4, 0.5) is 0 Å². The van der Waals surface area contributed by atoms with E-state index in [4.69, 9.17) is 14.2 Å². The van der Waals surface area contributed by atoms with E-state index in [2.05, 4.69) is 34.6 Å². The number of unbranched alkanes of at least 4 members (excludes halogenated alkanes) is 29. The van der Waals surface area contributed by atoms with Gasteiger partial charge in [-0.1, -0.05) is 240 Å². The molecule has 0 spiro atoms. The number of rotatable bonds is 45. The van der Waals surface area contributed by atoms with Gasteiger partial charge in [-0.2, -0.15) is 0 Å². The molecule has 2 atom stereocenters. The Morgan fingerprint density at radius 3 is 1.00 bits per heavy atom. The molecule has 1 unspecified atom stereocenters. The fourth-order valence-electron chi connectivity index (χ4n) is 7.60. The van der Waals surface area contributed by atoms with Gasteiger partial charge in [-0.3, -0.25) is 14.4 Å². The van der Waals surface area contributed by atoms with Gasteiger partial charge in [0.2, 0.25) is 0 Å². The summed E-state index contributed by atoms with van der Waals surface area (Å²) in [5, 5.41) is 0. The fourth-order valence-corrected chi connectivity index (χ4v) is 7.60. The molecule has 0 N–H and O–H groups in total. The summed E-state index contributed by atoms with van der Waals surface area (Å²) in [7, 11) is 0. The summed E-state index contributed by atoms with van der Waals surface area (Å²) >= 11 is 0. The highest BCUT2D eigenvalue weighted by Gasteiger charge is 2.19. The van der Waals surface area contributed by atoms with E-state index in [-0.39, 0.29) is 31.1 Å². The molecule has 0 saturated heterocycles. The molecule has 0 aliphatic carbocycles. The first kappa shape index (κ1) is 55.4. The molecular weight excluding hydrogens is 709 g/mol. The summed E-state index contributed by atoms with van der Waals surface area (Å²) in [6.45, 7) is 11.4. The van der Waals surface area contributed by atoms with Gasteiger partial charge in [-0.05, 0) is 31.1 Å². The van der Waals surface area contributed by atoms with E-state index < -0.39 is 6.10 Å². The van der Waals surface area contributed by atoms with Crippen molar-refractivity contribution in [2.75, 3.05) is 13.2 Å². The smallest absolute Gasteiger partial charge is 0.306 e. The predicted octanol–water partition coefficient (Wildman–Crippen LogP) is 16.1. The zero-order valence-electron chi connectivity index (χ0n) is 39.0. The first-order valence-corrected chi connectivity index (χ1v) is 25.3. The molecule has 0 bridgehead atoms. The maximum absolute atomic E-state index is 12.7. The normalized spacial score (nSPS) is 12.5. The number of carbonyl (C=O) groups excluding carboxylic acids is 3. The van der Waals surface area contributed by atoms with E-state index in [9.17, 15) is 14.4 Å². The van der Waals surface area contributed by atoms with Crippen molar-refractivity contribution >= 4 is 17.9 Å². The van der Waals surface area contributed by atoms with Crippen LogP contribution < -0.4 is 0 Å². The second-order valence-electron chi connectivity index (χ2n) is 18.2. The van der Waals surface area contributed by atoms with Crippen LogP contribution in [0.2, 0.25) is 0 Å². The van der Waals surface area contributed by atoms with Crippen molar-refractivity contribution in [3.63, 3.8) is 0 Å². The lowest BCUT2D eigenvalue weighted by molar-refractivity contribution is -0.167. The van der Waals surface area contributed by atoms with Gasteiger partial charge in [0.25, 0.3) is 0 Å². The molecule has 0 saturated carbocycles. The Hall–Kier alpha value is -1.59. The zero-order valence-corrected chi connectivity index (χ0v) is 39.0. The second kappa shape index (κ2) is 44.0. The first-order valence-electron chi connectivity index (χ1n) is 25.3. The standard InChI is InChI=1S/C51H98O6/c1-6-8-9-10-11-19-26-31-36-41-49(52)55-44-48(57-51(54)43-38-33-28-23-22-25-30-35-40-47(5)7-2)45-56-50(53)42-37-32-27-21-18-16-14-12-13-15-17-20-24-29-34-39-46(3)4/h46-48H,6-45H2,1-5H3/t47?,48-/m0/s1. The van der Waals surface area contributed by atoms with Crippen molar-refractivity contribution in [1.82, 2.24) is 0 Å². The highest BCUT2D eigenvalue weighted by Crippen LogP contribution is 2.18. The predicted molar refractivity (Wildman–Crippen MR) is 243 cm³/mol. The lowest BCUT2D eigenvalue weighted by Gasteiger charge is -2.18. The molecule has 0 radical (unpaired) electrons. The molecule has 57 heavy (non-hydrogen) atoms. The van der Waals surface area contributed by atoms with Crippen LogP contribution in [0.25, 0.3) is 0 Å². The third-order valence-corrected chi connectivity index (χ3v) is 11.8. The van der Waals surface area contributed by atoms with Crippen LogP contribution in [-0.2, 0) is 28.6 Å². The molecule has 6 heteroatoms. The van der Waals surface area contributed by atoms with E-state index in [0.29, 0.717) is 19.3 Å². The summed E-state index contributed by atoms with van der Waals surface area (Å²) in [6, 6.07) is 0. The van der Waals surface area contributed by atoms with E-state index in [0.717, 1.165) is 69.6 Å². The Morgan fingerprint density at radius 1 is 0.368 bits per heavy atom. The summed E-state index contributed by atoms with van der Waals surface area (Å²) in [6.07, 6.45) is 43.7. The molecule has 0 aliphatic heterocycles. The van der Waals surface area contributed by atoms with E-state index in [1.807, 2.05) is 0 Å². The molecule has 0 aromatic heterocycles. The molecular formula is C51H98O6. The van der Waals surface area contributed by atoms with Crippen molar-refractivity contribution in [2.24, 2.45) is 11.8 Å². The van der Waals surface area contributed by atoms with Gasteiger partial charge in [0.05, 0.1) is 0 Å². The van der Waals surface area contributed by atoms with Crippen LogP contribution in [0, 0.1) is 11.8 Å². The van der Waals surface area contributed by atoms with Crippen molar-refractivity contribution in [3.05, 3.63) is 0 Å². The Kier molecular flexibility index (Phi) is 42.7. The largest absolute Gasteiger partial charge is 0.462 e. The van der Waals surface area contributed by atoms with Gasteiger partial charge in [0.1, 0.15) is 13.2 Å². The van der Waals surface area contributed by atoms with Crippen LogP contribution in [0.3, 0.4) is 0 Å². The van der Waals surface area contributed by atoms with E-state index >= 15 is 0 Å². The van der Waals surface area contributed by atoms with E-state index in [1.54, 1.807) is 0 Å². The molecule has 0 aromatic carbocycles. The van der Waals surface area contributed by atoms with E-state index in [1.165, 1.54) is 167 Å². The van der Waals surface area contributed by atoms with Crippen molar-refractivity contribution in [2.45, 2.75) is 285 Å². The third-order valence-electron chi connectivity index (χ3n) is 11.8. The van der Waals surface area contributed by atoms with Gasteiger partial charge in [0.15, 0.2) is 6.10 Å². The molecule has 0 fully saturated rings. The summed E-state index contributed by atoms with van der Waals surface area (Å²) in [5.41, 5.74) is 0. The number of hydrogen-bond acceptors (Lipinski definition) is 6. The summed E-state index contributed by atoms with van der Waals surface area (Å²) in [4.78, 5) is 37.8. The van der Waals surface area contributed by atoms with Crippen LogP contribution in [-0.4, -0.2) is 37.2 Å². The van der Waals surface area contributed by atoms with Crippen LogP contribution in [0.5, 0.6) is 0 Å². The lowest BCUT2D eigenvalue weighted by atomic mass is 9.99. The molecule has 0 rings (SSSR count). The van der Waals surface area contributed by atoms with Crippen molar-refractivity contribution in [1.29, 1.82) is 0 Å². The van der Waals surface area contributed by atoms with Crippen molar-refractivity contribution in [3.8, 4) is 0 Å². The maximum atomic E-state index is 12.7. The topological polar surface area (TPSA) is 78.9 Å². The fraction of sp³-hybridized carbons (Fsp3) is 0.941. The van der Waals surface area contributed by atoms with Gasteiger partial charge in [-0.25, -0.2) is 0 Å². The summed E-state index contributed by atoms with van der Waals surface area (Å²) in [5.74, 6) is 0.840. The Balaban J connectivity index is 4.24. The number of esters is 3. The Labute approximate surface area is 355 Å². The van der Waals surface area contributed by atoms with Gasteiger partial charge < -0.3 is 14.2 Å². The highest BCUT2D eigenvalue weighted by molar-refractivity contribution is 5.71. The third kappa shape index (κ3) is 43.8. The average Bonchev–Trinajstić information content (AvgIpc) is 3.19. The quantitative estimate of drug-likeness (QED) is 0.0346. The highest BCUT2D eigenvalue weighted by atomic mass is 16.6. The number of hydrogen-bond donors (Lipinski definition) is 0. The average molecular weight is 807 g/mol. The zero-order chi connectivity index (χ0) is 41.9. The second-order valence-corrected chi connectivity index (χ2v) is 18.2. The van der Waals surface area contributed by atoms with Crippen molar-refractivity contribution < 1.29 is 28.6 Å². The van der Waals surface area contributed by atoms with Crippen LogP contribution in [0.1, 0.15) is 279 Å². The van der Waals surface area contributed by atoms with Gasteiger partial charge in [0, 0.05) is 19.3 Å². The Morgan fingerprint density at radius 2 is 0.667 bits per heavy atom. The van der Waals surface area contributed by atoms with Crippen LogP contribution in [0.15, 0.2) is 0 Å². The first-order chi connectivity index (χ1) is 27.8.